The SMILES string of the molecule is CNCCCn1cc(S(=O)(=O)N2CC(C)OC(C)C2)cn1. The van der Waals surface area contributed by atoms with E-state index in [9.17, 15) is 8.42 Å². The van der Waals surface area contributed by atoms with Crippen molar-refractivity contribution in [2.24, 2.45) is 0 Å². The van der Waals surface area contributed by atoms with E-state index in [2.05, 4.69) is 10.4 Å². The van der Waals surface area contributed by atoms with Crippen LogP contribution in [-0.2, 0) is 21.3 Å². The summed E-state index contributed by atoms with van der Waals surface area (Å²) in [6.45, 7) is 6.13. The second-order valence-electron chi connectivity index (χ2n) is 5.48. The highest BCUT2D eigenvalue weighted by Crippen LogP contribution is 2.20. The lowest BCUT2D eigenvalue weighted by molar-refractivity contribution is -0.0440. The Balaban J connectivity index is 2.08. The summed E-state index contributed by atoms with van der Waals surface area (Å²) in [6, 6.07) is 0. The first-order chi connectivity index (χ1) is 9.93. The van der Waals surface area contributed by atoms with E-state index in [1.807, 2.05) is 20.9 Å². The van der Waals surface area contributed by atoms with Crippen LogP contribution in [0.1, 0.15) is 20.3 Å². The van der Waals surface area contributed by atoms with Crippen molar-refractivity contribution >= 4 is 10.0 Å². The van der Waals surface area contributed by atoms with Crippen LogP contribution in [0.15, 0.2) is 17.3 Å². The van der Waals surface area contributed by atoms with Gasteiger partial charge < -0.3 is 10.1 Å². The van der Waals surface area contributed by atoms with Crippen LogP contribution < -0.4 is 5.32 Å². The van der Waals surface area contributed by atoms with Gasteiger partial charge in [-0.05, 0) is 33.9 Å². The first-order valence-electron chi connectivity index (χ1n) is 7.26. The quantitative estimate of drug-likeness (QED) is 0.764. The third kappa shape index (κ3) is 4.03. The molecule has 21 heavy (non-hydrogen) atoms. The summed E-state index contributed by atoms with van der Waals surface area (Å²) < 4.78 is 34.0. The fourth-order valence-corrected chi connectivity index (χ4v) is 4.04. The van der Waals surface area contributed by atoms with Gasteiger partial charge in [0.25, 0.3) is 0 Å². The number of ether oxygens (including phenoxy) is 1. The number of hydrogen-bond donors (Lipinski definition) is 1. The van der Waals surface area contributed by atoms with Gasteiger partial charge in [0.05, 0.1) is 18.4 Å². The Morgan fingerprint density at radius 1 is 1.38 bits per heavy atom. The summed E-state index contributed by atoms with van der Waals surface area (Å²) >= 11 is 0. The maximum absolute atomic E-state index is 12.6. The molecule has 120 valence electrons. The van der Waals surface area contributed by atoms with E-state index < -0.39 is 10.0 Å². The van der Waals surface area contributed by atoms with Crippen LogP contribution in [0.2, 0.25) is 0 Å². The Labute approximate surface area is 126 Å². The molecule has 2 heterocycles. The van der Waals surface area contributed by atoms with Gasteiger partial charge in [-0.3, -0.25) is 4.68 Å². The lowest BCUT2D eigenvalue weighted by atomic mass is 10.3. The van der Waals surface area contributed by atoms with Gasteiger partial charge in [0, 0.05) is 25.8 Å². The zero-order valence-corrected chi connectivity index (χ0v) is 13.6. The Bertz CT molecular complexity index is 548. The van der Waals surface area contributed by atoms with E-state index in [0.29, 0.717) is 19.6 Å². The van der Waals surface area contributed by atoms with Gasteiger partial charge in [0.1, 0.15) is 4.90 Å². The largest absolute Gasteiger partial charge is 0.373 e. The molecule has 0 amide bonds. The highest BCUT2D eigenvalue weighted by Gasteiger charge is 2.32. The van der Waals surface area contributed by atoms with Crippen LogP contribution in [0.25, 0.3) is 0 Å². The normalized spacial score (nSPS) is 24.3. The second kappa shape index (κ2) is 6.87. The Hall–Kier alpha value is -0.960. The molecule has 0 aromatic carbocycles. The van der Waals surface area contributed by atoms with E-state index in [-0.39, 0.29) is 17.1 Å². The molecule has 1 fully saturated rings. The molecule has 1 aromatic heterocycles. The first-order valence-corrected chi connectivity index (χ1v) is 8.70. The topological polar surface area (TPSA) is 76.5 Å². The number of rotatable bonds is 6. The maximum atomic E-state index is 12.6. The zero-order chi connectivity index (χ0) is 15.5. The molecule has 2 rings (SSSR count). The van der Waals surface area contributed by atoms with E-state index in [1.54, 1.807) is 10.9 Å². The average molecular weight is 316 g/mol. The van der Waals surface area contributed by atoms with Crippen LogP contribution in [0.4, 0.5) is 0 Å². The lowest BCUT2D eigenvalue weighted by Crippen LogP contribution is -2.48. The van der Waals surface area contributed by atoms with E-state index in [4.69, 9.17) is 4.74 Å². The Morgan fingerprint density at radius 2 is 2.05 bits per heavy atom. The van der Waals surface area contributed by atoms with Crippen molar-refractivity contribution in [1.29, 1.82) is 0 Å². The average Bonchev–Trinajstić information content (AvgIpc) is 2.87. The molecule has 2 atom stereocenters. The number of morpholine rings is 1. The van der Waals surface area contributed by atoms with Crippen molar-refractivity contribution in [3.8, 4) is 0 Å². The van der Waals surface area contributed by atoms with Crippen LogP contribution in [0.5, 0.6) is 0 Å². The van der Waals surface area contributed by atoms with Crippen LogP contribution >= 0.6 is 0 Å². The fraction of sp³-hybridized carbons (Fsp3) is 0.769. The number of aryl methyl sites for hydroxylation is 1. The van der Waals surface area contributed by atoms with E-state index >= 15 is 0 Å². The molecule has 0 saturated carbocycles. The van der Waals surface area contributed by atoms with Crippen molar-refractivity contribution in [3.63, 3.8) is 0 Å². The molecule has 8 heteroatoms. The van der Waals surface area contributed by atoms with Crippen LogP contribution in [0, 0.1) is 0 Å². The minimum absolute atomic E-state index is 0.0887. The van der Waals surface area contributed by atoms with Gasteiger partial charge in [-0.2, -0.15) is 9.40 Å². The first kappa shape index (κ1) is 16.4. The molecule has 1 aromatic rings. The lowest BCUT2D eigenvalue weighted by Gasteiger charge is -2.34. The number of nitrogens with zero attached hydrogens (tertiary/aromatic N) is 3. The van der Waals surface area contributed by atoms with Crippen LogP contribution in [-0.4, -0.2) is 61.4 Å². The van der Waals surface area contributed by atoms with Gasteiger partial charge in [0.15, 0.2) is 0 Å². The zero-order valence-electron chi connectivity index (χ0n) is 12.8. The molecular formula is C13H24N4O3S. The van der Waals surface area contributed by atoms with Gasteiger partial charge in [-0.25, -0.2) is 8.42 Å². The maximum Gasteiger partial charge on any atom is 0.246 e. The molecule has 0 aliphatic carbocycles. The van der Waals surface area contributed by atoms with Crippen LogP contribution in [0.3, 0.4) is 0 Å². The molecule has 0 radical (unpaired) electrons. The number of sulfonamides is 1. The van der Waals surface area contributed by atoms with Gasteiger partial charge >= 0.3 is 0 Å². The summed E-state index contributed by atoms with van der Waals surface area (Å²) in [5.74, 6) is 0. The standard InChI is InChI=1S/C13H24N4O3S/c1-11-8-17(9-12(2)20-11)21(18,19)13-7-15-16(10-13)6-4-5-14-3/h7,10-12,14H,4-6,8-9H2,1-3H3. The van der Waals surface area contributed by atoms with Gasteiger partial charge in [-0.1, -0.05) is 0 Å². The molecule has 1 aliphatic heterocycles. The Kier molecular flexibility index (Phi) is 5.37. The van der Waals surface area contributed by atoms with Crippen molar-refractivity contribution in [3.05, 3.63) is 12.4 Å². The van der Waals surface area contributed by atoms with E-state index in [1.165, 1.54) is 10.5 Å². The summed E-state index contributed by atoms with van der Waals surface area (Å²) in [4.78, 5) is 0.258. The number of hydrogen-bond acceptors (Lipinski definition) is 5. The third-order valence-corrected chi connectivity index (χ3v) is 5.23. The molecule has 7 nitrogen and oxygen atoms in total. The highest BCUT2D eigenvalue weighted by atomic mass is 32.2. The molecule has 1 N–H and O–H groups in total. The molecule has 1 saturated heterocycles. The smallest absolute Gasteiger partial charge is 0.246 e. The molecular weight excluding hydrogens is 292 g/mol. The monoisotopic (exact) mass is 316 g/mol. The molecule has 1 aliphatic rings. The van der Waals surface area contributed by atoms with Crippen molar-refractivity contribution in [2.75, 3.05) is 26.7 Å². The number of aromatic nitrogens is 2. The molecule has 2 unspecified atom stereocenters. The summed E-state index contributed by atoms with van der Waals surface area (Å²) in [6.07, 6.45) is 3.77. The molecule has 0 bridgehead atoms. The molecule has 0 spiro atoms. The predicted molar refractivity (Wildman–Crippen MR) is 79.5 cm³/mol. The predicted octanol–water partition coefficient (Wildman–Crippen LogP) is 0.291. The summed E-state index contributed by atoms with van der Waals surface area (Å²) in [7, 11) is -1.59. The van der Waals surface area contributed by atoms with E-state index in [0.717, 1.165) is 13.0 Å². The number of nitrogens with one attached hydrogen (secondary N) is 1. The van der Waals surface area contributed by atoms with Crippen molar-refractivity contribution in [2.45, 2.75) is 43.9 Å². The minimum Gasteiger partial charge on any atom is -0.373 e. The van der Waals surface area contributed by atoms with Gasteiger partial charge in [0.2, 0.25) is 10.0 Å². The van der Waals surface area contributed by atoms with Gasteiger partial charge in [-0.15, -0.1) is 0 Å². The summed E-state index contributed by atoms with van der Waals surface area (Å²) in [5, 5.41) is 7.19. The Morgan fingerprint density at radius 3 is 2.67 bits per heavy atom. The fourth-order valence-electron chi connectivity index (χ4n) is 2.49. The summed E-state index contributed by atoms with van der Waals surface area (Å²) in [5.41, 5.74) is 0. The minimum atomic E-state index is -3.48. The second-order valence-corrected chi connectivity index (χ2v) is 7.41. The van der Waals surface area contributed by atoms with Crippen molar-refractivity contribution < 1.29 is 13.2 Å². The van der Waals surface area contributed by atoms with Crippen molar-refractivity contribution in [1.82, 2.24) is 19.4 Å². The highest BCUT2D eigenvalue weighted by molar-refractivity contribution is 7.89. The third-order valence-electron chi connectivity index (χ3n) is 3.45.